The molecule has 0 bridgehead atoms. The van der Waals surface area contributed by atoms with E-state index in [1.54, 1.807) is 0 Å². The standard InChI is InChI=1S/C21H25.C5H5.CH2.2ClH.Zr/c1-20(2,3)15-11-10-14-12-18-16(17(14)13-15)8-7-9-19(18)21(4,5)6;1-2-4-5-3-1;;;;/h7-13H,1-6H3;1-3H,4H2;1H2;2*1H;/q2*-1;;;;+2/p-2. The molecule has 0 aliphatic heterocycles. The summed E-state index contributed by atoms with van der Waals surface area (Å²) in [6, 6.07) is 16.0. The number of halogens is 2. The summed E-state index contributed by atoms with van der Waals surface area (Å²) < 4.78 is 3.34. The molecule has 0 atom stereocenters. The molecule has 3 aromatic rings. The van der Waals surface area contributed by atoms with Crippen LogP contribution in [0.1, 0.15) is 59.1 Å². The topological polar surface area (TPSA) is 0 Å². The van der Waals surface area contributed by atoms with E-state index < -0.39 is 0 Å². The van der Waals surface area contributed by atoms with Crippen LogP contribution in [0.5, 0.6) is 0 Å². The average molecular weight is 519 g/mol. The van der Waals surface area contributed by atoms with E-state index in [0.717, 1.165) is 6.42 Å². The average Bonchev–Trinajstić information content (AvgIpc) is 3.32. The summed E-state index contributed by atoms with van der Waals surface area (Å²) in [5.74, 6) is 0. The molecule has 30 heavy (non-hydrogen) atoms. The fourth-order valence-corrected chi connectivity index (χ4v) is 3.49. The quantitative estimate of drug-likeness (QED) is 0.397. The zero-order chi connectivity index (χ0) is 20.9. The normalized spacial score (nSPS) is 12.4. The number of hydrogen-bond acceptors (Lipinski definition) is 0. The van der Waals surface area contributed by atoms with E-state index in [1.165, 1.54) is 56.9 Å². The Bertz CT molecular complexity index is 985. The van der Waals surface area contributed by atoms with Crippen molar-refractivity contribution in [1.82, 2.24) is 0 Å². The molecule has 0 saturated carbocycles. The molecule has 1 aliphatic rings. The van der Waals surface area contributed by atoms with E-state index in [-0.39, 0.29) is 35.6 Å². The maximum Gasteiger partial charge on any atom is -1.00 e. The van der Waals surface area contributed by atoms with Crippen molar-refractivity contribution >= 4 is 25.8 Å². The molecule has 0 N–H and O–H groups in total. The van der Waals surface area contributed by atoms with E-state index in [4.69, 9.17) is 0 Å². The SMILES string of the molecule is CC(C)(C)c1ccc2[cH-]c3c(C(C)(C)C)cccc3c2c1.[C-]1=CC=CC1.[CH2]=[Zr+2].[Cl-].[Cl-]. The summed E-state index contributed by atoms with van der Waals surface area (Å²) in [5.41, 5.74) is 3.22. The molecule has 3 heteroatoms. The zero-order valence-electron chi connectivity index (χ0n) is 18.9. The number of rotatable bonds is 0. The summed E-state index contributed by atoms with van der Waals surface area (Å²) in [4.78, 5) is 0. The second kappa shape index (κ2) is 12.2. The monoisotopic (exact) mass is 516 g/mol. The van der Waals surface area contributed by atoms with Gasteiger partial charge < -0.3 is 24.8 Å². The van der Waals surface area contributed by atoms with Crippen molar-refractivity contribution in [2.24, 2.45) is 0 Å². The smallest absolute Gasteiger partial charge is 1.00 e. The first-order valence-corrected chi connectivity index (χ1v) is 11.6. The minimum absolute atomic E-state index is 0. The summed E-state index contributed by atoms with van der Waals surface area (Å²) >= 11 is 1.30. The molecule has 0 amide bonds. The maximum atomic E-state index is 3.34. The number of fused-ring (bicyclic) bond motifs is 3. The Morgan fingerprint density at radius 2 is 1.57 bits per heavy atom. The van der Waals surface area contributed by atoms with Crippen LogP contribution in [-0.2, 0) is 35.1 Å². The Balaban J connectivity index is 0.000000809. The van der Waals surface area contributed by atoms with Gasteiger partial charge in [0.1, 0.15) is 0 Å². The minimum Gasteiger partial charge on any atom is -1.00 e. The van der Waals surface area contributed by atoms with Gasteiger partial charge in [-0.3, -0.25) is 6.08 Å². The predicted octanol–water partition coefficient (Wildman–Crippen LogP) is 1.59. The second-order valence-electron chi connectivity index (χ2n) is 9.22. The predicted molar refractivity (Wildman–Crippen MR) is 123 cm³/mol. The molecular formula is C27H32Cl2Zr-2. The third kappa shape index (κ3) is 7.08. The summed E-state index contributed by atoms with van der Waals surface area (Å²) in [5, 5.41) is 5.55. The van der Waals surface area contributed by atoms with Gasteiger partial charge in [-0.15, -0.1) is 40.1 Å². The second-order valence-corrected chi connectivity index (χ2v) is 9.22. The van der Waals surface area contributed by atoms with Gasteiger partial charge in [0.25, 0.3) is 0 Å². The Morgan fingerprint density at radius 3 is 2.03 bits per heavy atom. The Kier molecular flexibility index (Phi) is 11.9. The van der Waals surface area contributed by atoms with Gasteiger partial charge in [-0.1, -0.05) is 83.0 Å². The van der Waals surface area contributed by atoms with Crippen LogP contribution in [0.4, 0.5) is 0 Å². The van der Waals surface area contributed by atoms with Crippen LogP contribution in [0.3, 0.4) is 0 Å². The maximum absolute atomic E-state index is 3.34. The van der Waals surface area contributed by atoms with Crippen molar-refractivity contribution in [3.05, 3.63) is 77.9 Å². The molecule has 0 nitrogen and oxygen atoms in total. The van der Waals surface area contributed by atoms with Gasteiger partial charge >= 0.3 is 28.4 Å². The third-order valence-corrected chi connectivity index (χ3v) is 5.01. The fourth-order valence-electron chi connectivity index (χ4n) is 3.49. The van der Waals surface area contributed by atoms with Gasteiger partial charge in [-0.2, -0.15) is 6.08 Å². The third-order valence-electron chi connectivity index (χ3n) is 5.01. The van der Waals surface area contributed by atoms with E-state index in [0.29, 0.717) is 0 Å². The van der Waals surface area contributed by atoms with Gasteiger partial charge in [0.15, 0.2) is 0 Å². The summed E-state index contributed by atoms with van der Waals surface area (Å²) in [7, 11) is 0. The van der Waals surface area contributed by atoms with Gasteiger partial charge in [-0.25, -0.2) is 12.2 Å². The van der Waals surface area contributed by atoms with Gasteiger partial charge in [-0.05, 0) is 10.8 Å². The molecule has 1 aliphatic carbocycles. The minimum atomic E-state index is 0. The van der Waals surface area contributed by atoms with E-state index in [9.17, 15) is 0 Å². The van der Waals surface area contributed by atoms with Crippen LogP contribution < -0.4 is 24.8 Å². The van der Waals surface area contributed by atoms with E-state index in [2.05, 4.69) is 100 Å². The molecular weight excluding hydrogens is 486 g/mol. The number of allylic oxidation sites excluding steroid dienone is 4. The van der Waals surface area contributed by atoms with Crippen LogP contribution >= 0.6 is 0 Å². The van der Waals surface area contributed by atoms with Crippen LogP contribution in [0, 0.1) is 6.08 Å². The Hall–Kier alpha value is -0.877. The van der Waals surface area contributed by atoms with Crippen LogP contribution in [0.25, 0.3) is 21.5 Å². The summed E-state index contributed by atoms with van der Waals surface area (Å²) in [6.45, 7) is 13.7. The van der Waals surface area contributed by atoms with Crippen molar-refractivity contribution in [3.63, 3.8) is 0 Å². The van der Waals surface area contributed by atoms with Crippen molar-refractivity contribution in [1.29, 1.82) is 0 Å². The van der Waals surface area contributed by atoms with Gasteiger partial charge in [0.05, 0.1) is 0 Å². The van der Waals surface area contributed by atoms with E-state index >= 15 is 0 Å². The van der Waals surface area contributed by atoms with Crippen molar-refractivity contribution < 1.29 is 49.0 Å². The van der Waals surface area contributed by atoms with Crippen LogP contribution in [0.15, 0.2) is 60.7 Å². The van der Waals surface area contributed by atoms with Crippen molar-refractivity contribution in [3.8, 4) is 0 Å². The molecule has 0 heterocycles. The molecule has 3 aromatic carbocycles. The van der Waals surface area contributed by atoms with Gasteiger partial charge in [0.2, 0.25) is 0 Å². The first-order chi connectivity index (χ1) is 13.2. The molecule has 0 aromatic heterocycles. The molecule has 0 spiro atoms. The fraction of sp³-hybridized carbons (Fsp3) is 0.333. The number of benzene rings is 2. The Morgan fingerprint density at radius 1 is 0.900 bits per heavy atom. The molecule has 0 unspecified atom stereocenters. The van der Waals surface area contributed by atoms with Gasteiger partial charge in [0, 0.05) is 0 Å². The number of hydrogen-bond donors (Lipinski definition) is 0. The van der Waals surface area contributed by atoms with Crippen LogP contribution in [0.2, 0.25) is 0 Å². The van der Waals surface area contributed by atoms with Crippen molar-refractivity contribution in [2.75, 3.05) is 0 Å². The Labute approximate surface area is 210 Å². The van der Waals surface area contributed by atoms with Crippen LogP contribution in [-0.4, -0.2) is 4.21 Å². The zero-order valence-corrected chi connectivity index (χ0v) is 22.9. The largest absolute Gasteiger partial charge is 1.00 e. The first kappa shape index (κ1) is 29.1. The molecule has 0 fully saturated rings. The molecule has 4 rings (SSSR count). The van der Waals surface area contributed by atoms with E-state index in [1.807, 2.05) is 12.2 Å². The molecule has 0 saturated heterocycles. The summed E-state index contributed by atoms with van der Waals surface area (Å²) in [6.07, 6.45) is 10.0. The first-order valence-electron chi connectivity index (χ1n) is 9.88. The molecule has 160 valence electrons. The van der Waals surface area contributed by atoms with Crippen molar-refractivity contribution in [2.45, 2.75) is 58.8 Å². The molecule has 0 radical (unpaired) electrons.